The molecule has 0 aromatic carbocycles. The van der Waals surface area contributed by atoms with Crippen LogP contribution < -0.4 is 0 Å². The van der Waals surface area contributed by atoms with Crippen molar-refractivity contribution in [2.24, 2.45) is 0 Å². The largest absolute Gasteiger partial charge is 0.369 e. The smallest absolute Gasteiger partial charge is 0.305 e. The summed E-state index contributed by atoms with van der Waals surface area (Å²) < 4.78 is 25.2. The van der Waals surface area contributed by atoms with Gasteiger partial charge in [-0.3, -0.25) is 4.57 Å². The van der Waals surface area contributed by atoms with Gasteiger partial charge in [0.25, 0.3) is 0 Å². The van der Waals surface area contributed by atoms with Gasteiger partial charge in [-0.25, -0.2) is 0 Å². The highest BCUT2D eigenvalue weighted by Gasteiger charge is 2.33. The van der Waals surface area contributed by atoms with Crippen LogP contribution in [0.1, 0.15) is 13.8 Å². The molecule has 0 aromatic rings. The summed E-state index contributed by atoms with van der Waals surface area (Å²) in [5.41, 5.74) is 0. The van der Waals surface area contributed by atoms with Crippen LogP contribution in [0.5, 0.6) is 0 Å². The van der Waals surface area contributed by atoms with Gasteiger partial charge in [-0.05, 0) is 20.1 Å². The van der Waals surface area contributed by atoms with Gasteiger partial charge < -0.3 is 9.05 Å². The van der Waals surface area contributed by atoms with Gasteiger partial charge in [-0.15, -0.1) is 35.3 Å². The zero-order valence-electron chi connectivity index (χ0n) is 9.73. The maximum atomic E-state index is 12.6. The fourth-order valence-electron chi connectivity index (χ4n) is 1.24. The van der Waals surface area contributed by atoms with Crippen molar-refractivity contribution in [3.8, 4) is 0 Å². The molecule has 1 rings (SSSR count). The Kier molecular flexibility index (Phi) is 6.93. The SMILES string of the molecule is CCOP(=O)(OCC)C(SC)=C1SCCS1. The van der Waals surface area contributed by atoms with Gasteiger partial charge in [-0.2, -0.15) is 0 Å². The number of hydrogen-bond donors (Lipinski definition) is 0. The van der Waals surface area contributed by atoms with Crippen molar-refractivity contribution in [1.29, 1.82) is 0 Å². The first-order chi connectivity index (χ1) is 7.68. The van der Waals surface area contributed by atoms with Crippen molar-refractivity contribution in [2.75, 3.05) is 31.0 Å². The molecule has 1 fully saturated rings. The van der Waals surface area contributed by atoms with E-state index in [1.165, 1.54) is 11.8 Å². The second-order valence-corrected chi connectivity index (χ2v) is 8.37. The van der Waals surface area contributed by atoms with Crippen molar-refractivity contribution in [2.45, 2.75) is 13.8 Å². The second kappa shape index (κ2) is 7.39. The third kappa shape index (κ3) is 3.72. The highest BCUT2D eigenvalue weighted by molar-refractivity contribution is 8.27. The van der Waals surface area contributed by atoms with Gasteiger partial charge >= 0.3 is 7.60 Å². The monoisotopic (exact) mass is 300 g/mol. The van der Waals surface area contributed by atoms with Crippen LogP contribution >= 0.6 is 42.9 Å². The topological polar surface area (TPSA) is 35.5 Å². The Morgan fingerprint density at radius 1 is 1.31 bits per heavy atom. The van der Waals surface area contributed by atoms with Crippen molar-refractivity contribution in [1.82, 2.24) is 0 Å². The summed E-state index contributed by atoms with van der Waals surface area (Å²) >= 11 is 4.97. The van der Waals surface area contributed by atoms with Crippen LogP contribution in [0.15, 0.2) is 8.88 Å². The highest BCUT2D eigenvalue weighted by atomic mass is 32.2. The molecule has 0 aliphatic carbocycles. The third-order valence-electron chi connectivity index (χ3n) is 1.76. The molecule has 0 unspecified atom stereocenters. The van der Waals surface area contributed by atoms with Gasteiger partial charge in [0.15, 0.2) is 0 Å². The molecule has 0 amide bonds. The van der Waals surface area contributed by atoms with Crippen molar-refractivity contribution in [3.05, 3.63) is 8.88 Å². The van der Waals surface area contributed by atoms with Crippen molar-refractivity contribution >= 4 is 42.9 Å². The maximum absolute atomic E-state index is 12.6. The molecule has 3 nitrogen and oxygen atoms in total. The van der Waals surface area contributed by atoms with E-state index >= 15 is 0 Å². The van der Waals surface area contributed by atoms with Crippen LogP contribution in [0.25, 0.3) is 0 Å². The fraction of sp³-hybridized carbons (Fsp3) is 0.778. The van der Waals surface area contributed by atoms with Gasteiger partial charge in [0.2, 0.25) is 0 Å². The first-order valence-corrected chi connectivity index (χ1v) is 9.85. The molecule has 94 valence electrons. The van der Waals surface area contributed by atoms with E-state index in [0.29, 0.717) is 13.2 Å². The van der Waals surface area contributed by atoms with E-state index in [-0.39, 0.29) is 0 Å². The molecule has 0 bridgehead atoms. The minimum Gasteiger partial charge on any atom is -0.305 e. The Hall–Kier alpha value is 0.940. The summed E-state index contributed by atoms with van der Waals surface area (Å²) in [6.45, 7) is 4.49. The molecule has 1 saturated heterocycles. The van der Waals surface area contributed by atoms with E-state index in [0.717, 1.165) is 20.4 Å². The molecule has 0 saturated carbocycles. The lowest BCUT2D eigenvalue weighted by Crippen LogP contribution is -1.97. The molecule has 0 atom stereocenters. The normalized spacial score (nSPS) is 16.8. The molecular formula is C9H17O3PS3. The van der Waals surface area contributed by atoms with Crippen LogP contribution in [0.3, 0.4) is 0 Å². The Balaban J connectivity index is 2.98. The lowest BCUT2D eigenvalue weighted by atomic mass is 10.9. The van der Waals surface area contributed by atoms with E-state index in [2.05, 4.69) is 0 Å². The molecule has 0 N–H and O–H groups in total. The summed E-state index contributed by atoms with van der Waals surface area (Å²) in [7, 11) is -3.08. The summed E-state index contributed by atoms with van der Waals surface area (Å²) in [6.07, 6.45) is 1.92. The maximum Gasteiger partial charge on any atom is 0.369 e. The number of thioether (sulfide) groups is 3. The molecule has 0 spiro atoms. The minimum atomic E-state index is -3.08. The molecule has 7 heteroatoms. The number of hydrogen-bond acceptors (Lipinski definition) is 6. The van der Waals surface area contributed by atoms with E-state index < -0.39 is 7.60 Å². The quantitative estimate of drug-likeness (QED) is 0.683. The molecule has 0 aromatic heterocycles. The fourth-order valence-corrected chi connectivity index (χ4v) is 7.85. The van der Waals surface area contributed by atoms with Gasteiger partial charge in [0.1, 0.15) is 4.65 Å². The molecule has 16 heavy (non-hydrogen) atoms. The van der Waals surface area contributed by atoms with Crippen LogP contribution in [0.4, 0.5) is 0 Å². The van der Waals surface area contributed by atoms with Crippen LogP contribution in [-0.2, 0) is 13.6 Å². The Bertz CT molecular complexity index is 288. The summed E-state index contributed by atoms with van der Waals surface area (Å²) in [4.78, 5) is 0. The number of rotatable bonds is 6. The molecule has 0 radical (unpaired) electrons. The zero-order chi connectivity index (χ0) is 12.0. The Morgan fingerprint density at radius 2 is 1.81 bits per heavy atom. The zero-order valence-corrected chi connectivity index (χ0v) is 13.1. The van der Waals surface area contributed by atoms with Gasteiger partial charge in [-0.1, -0.05) is 0 Å². The highest BCUT2D eigenvalue weighted by Crippen LogP contribution is 2.64. The summed E-state index contributed by atoms with van der Waals surface area (Å²) in [5.74, 6) is 2.14. The van der Waals surface area contributed by atoms with Crippen LogP contribution in [0.2, 0.25) is 0 Å². The predicted molar refractivity (Wildman–Crippen MR) is 76.3 cm³/mol. The molecule has 1 aliphatic heterocycles. The lowest BCUT2D eigenvalue weighted by Gasteiger charge is -2.19. The van der Waals surface area contributed by atoms with Crippen LogP contribution in [-0.4, -0.2) is 31.0 Å². The van der Waals surface area contributed by atoms with E-state index in [9.17, 15) is 4.57 Å². The lowest BCUT2D eigenvalue weighted by molar-refractivity contribution is 0.228. The Morgan fingerprint density at radius 3 is 2.19 bits per heavy atom. The van der Waals surface area contributed by atoms with Gasteiger partial charge in [0.05, 0.1) is 17.5 Å². The van der Waals surface area contributed by atoms with Crippen molar-refractivity contribution in [3.63, 3.8) is 0 Å². The van der Waals surface area contributed by atoms with E-state index in [4.69, 9.17) is 9.05 Å². The van der Waals surface area contributed by atoms with Crippen LogP contribution in [0, 0.1) is 0 Å². The first-order valence-electron chi connectivity index (χ1n) is 5.11. The molecule has 1 heterocycles. The summed E-state index contributed by atoms with van der Waals surface area (Å²) in [6, 6.07) is 0. The third-order valence-corrected chi connectivity index (χ3v) is 8.77. The average molecular weight is 300 g/mol. The molecular weight excluding hydrogens is 283 g/mol. The standard InChI is InChI=1S/C9H17O3PS3/c1-4-11-13(10,12-5-2)8(14-3)9-15-6-7-16-9/h4-7H2,1-3H3. The minimum absolute atomic E-state index is 0.407. The molecule has 1 aliphatic rings. The first kappa shape index (κ1) is 15.0. The Labute approximate surface area is 110 Å². The summed E-state index contributed by atoms with van der Waals surface area (Å²) in [5, 5.41) is 0. The average Bonchev–Trinajstić information content (AvgIpc) is 2.72. The van der Waals surface area contributed by atoms with Crippen molar-refractivity contribution < 1.29 is 13.6 Å². The van der Waals surface area contributed by atoms with Gasteiger partial charge in [0, 0.05) is 11.5 Å². The van der Waals surface area contributed by atoms with E-state index in [1.54, 1.807) is 23.5 Å². The van der Waals surface area contributed by atoms with E-state index in [1.807, 2.05) is 20.1 Å². The predicted octanol–water partition coefficient (Wildman–Crippen LogP) is 4.22. The second-order valence-electron chi connectivity index (χ2n) is 2.83.